The quantitative estimate of drug-likeness (QED) is 0.699. The Balaban J connectivity index is 2.26. The molecule has 1 aliphatic rings. The number of hydrogen-bond acceptors (Lipinski definition) is 3. The summed E-state index contributed by atoms with van der Waals surface area (Å²) in [5, 5.41) is 11.4. The summed E-state index contributed by atoms with van der Waals surface area (Å²) in [4.78, 5) is 11.4. The van der Waals surface area contributed by atoms with E-state index in [2.05, 4.69) is 17.2 Å². The van der Waals surface area contributed by atoms with Crippen LogP contribution in [0.3, 0.4) is 0 Å². The molecule has 0 aromatic carbocycles. The first-order valence-electron chi connectivity index (χ1n) is 6.22. The van der Waals surface area contributed by atoms with Crippen molar-refractivity contribution in [1.82, 2.24) is 5.32 Å². The van der Waals surface area contributed by atoms with E-state index >= 15 is 0 Å². The fraction of sp³-hybridized carbons (Fsp3) is 0.769. The van der Waals surface area contributed by atoms with Crippen LogP contribution < -0.4 is 5.32 Å². The molecule has 0 aliphatic heterocycles. The first kappa shape index (κ1) is 14.0. The molecule has 4 nitrogen and oxygen atoms in total. The summed E-state index contributed by atoms with van der Waals surface area (Å²) >= 11 is 0. The molecule has 0 aromatic rings. The second-order valence-electron chi connectivity index (χ2n) is 4.37. The Hall–Kier alpha value is -1.05. The van der Waals surface area contributed by atoms with Crippen LogP contribution in [0.4, 0.5) is 0 Å². The van der Waals surface area contributed by atoms with Gasteiger partial charge in [0.05, 0.1) is 6.61 Å². The van der Waals surface area contributed by atoms with Crippen LogP contribution in [0.1, 0.15) is 39.0 Å². The molecule has 0 fully saturated rings. The minimum atomic E-state index is -0.227. The molecule has 0 spiro atoms. The summed E-state index contributed by atoms with van der Waals surface area (Å²) in [6, 6.07) is -0.227. The van der Waals surface area contributed by atoms with E-state index in [1.807, 2.05) is 0 Å². The van der Waals surface area contributed by atoms with E-state index in [0.29, 0.717) is 0 Å². The number of nitrogens with one attached hydrogen (secondary N) is 1. The van der Waals surface area contributed by atoms with Gasteiger partial charge in [-0.15, -0.1) is 5.92 Å². The van der Waals surface area contributed by atoms with Crippen molar-refractivity contribution in [3.05, 3.63) is 0 Å². The zero-order chi connectivity index (χ0) is 12.5. The van der Waals surface area contributed by atoms with Crippen LogP contribution >= 0.6 is 0 Å². The van der Waals surface area contributed by atoms with Gasteiger partial charge in [0.25, 0.3) is 0 Å². The molecule has 4 heteroatoms. The van der Waals surface area contributed by atoms with Gasteiger partial charge in [-0.05, 0) is 26.2 Å². The van der Waals surface area contributed by atoms with E-state index < -0.39 is 0 Å². The lowest BCUT2D eigenvalue weighted by atomic mass is 10.1. The third-order valence-electron chi connectivity index (χ3n) is 2.63. The predicted molar refractivity (Wildman–Crippen MR) is 65.3 cm³/mol. The topological polar surface area (TPSA) is 58.6 Å². The van der Waals surface area contributed by atoms with Crippen LogP contribution in [-0.4, -0.2) is 36.4 Å². The van der Waals surface area contributed by atoms with Crippen molar-refractivity contribution in [2.24, 2.45) is 0 Å². The molecule has 2 N–H and O–H groups in total. The van der Waals surface area contributed by atoms with Gasteiger partial charge in [0.1, 0.15) is 12.7 Å². The van der Waals surface area contributed by atoms with E-state index in [-0.39, 0.29) is 31.3 Å². The molecule has 0 saturated heterocycles. The number of carbonyl (C=O) groups excluding carboxylic acids is 1. The molecule has 1 amide bonds. The van der Waals surface area contributed by atoms with Crippen LogP contribution in [0.25, 0.3) is 0 Å². The van der Waals surface area contributed by atoms with Crippen LogP contribution in [0.5, 0.6) is 0 Å². The number of amides is 1. The minimum absolute atomic E-state index is 0.0175. The molecule has 0 heterocycles. The molecular formula is C13H21NO3. The SMILES string of the molecule is C[C@@H](CO)NC(=O)COC1C#CCCCCC1. The highest BCUT2D eigenvalue weighted by atomic mass is 16.5. The molecule has 96 valence electrons. The summed E-state index contributed by atoms with van der Waals surface area (Å²) in [7, 11) is 0. The highest BCUT2D eigenvalue weighted by molar-refractivity contribution is 5.77. The average molecular weight is 239 g/mol. The smallest absolute Gasteiger partial charge is 0.246 e. The van der Waals surface area contributed by atoms with Crippen molar-refractivity contribution in [3.63, 3.8) is 0 Å². The monoisotopic (exact) mass is 239 g/mol. The molecule has 17 heavy (non-hydrogen) atoms. The second kappa shape index (κ2) is 8.10. The first-order valence-corrected chi connectivity index (χ1v) is 6.22. The summed E-state index contributed by atoms with van der Waals surface area (Å²) in [6.07, 6.45) is 5.15. The van der Waals surface area contributed by atoms with Crippen molar-refractivity contribution < 1.29 is 14.6 Å². The van der Waals surface area contributed by atoms with Crippen molar-refractivity contribution in [2.45, 2.75) is 51.2 Å². The van der Waals surface area contributed by atoms with E-state index in [9.17, 15) is 4.79 Å². The Morgan fingerprint density at radius 2 is 2.35 bits per heavy atom. The van der Waals surface area contributed by atoms with Gasteiger partial charge in [0.2, 0.25) is 5.91 Å². The van der Waals surface area contributed by atoms with Gasteiger partial charge < -0.3 is 15.2 Å². The number of rotatable bonds is 5. The van der Waals surface area contributed by atoms with Crippen LogP contribution in [-0.2, 0) is 9.53 Å². The van der Waals surface area contributed by atoms with Crippen molar-refractivity contribution in [1.29, 1.82) is 0 Å². The Morgan fingerprint density at radius 1 is 1.53 bits per heavy atom. The Bertz CT molecular complexity index is 293. The summed E-state index contributed by atoms with van der Waals surface area (Å²) in [5.74, 6) is 5.91. The van der Waals surface area contributed by atoms with Gasteiger partial charge in [-0.1, -0.05) is 12.3 Å². The lowest BCUT2D eigenvalue weighted by Crippen LogP contribution is -2.38. The van der Waals surface area contributed by atoms with Crippen molar-refractivity contribution in [2.75, 3.05) is 13.2 Å². The van der Waals surface area contributed by atoms with Gasteiger partial charge in [0, 0.05) is 12.5 Å². The fourth-order valence-corrected chi connectivity index (χ4v) is 1.64. The molecule has 2 atom stereocenters. The Labute approximate surface area is 103 Å². The molecule has 1 rings (SSSR count). The van der Waals surface area contributed by atoms with Gasteiger partial charge in [0.15, 0.2) is 0 Å². The van der Waals surface area contributed by atoms with E-state index in [1.165, 1.54) is 6.42 Å². The summed E-state index contributed by atoms with van der Waals surface area (Å²) < 4.78 is 5.46. The van der Waals surface area contributed by atoms with Crippen LogP contribution in [0.2, 0.25) is 0 Å². The molecule has 1 unspecified atom stereocenters. The van der Waals surface area contributed by atoms with Crippen molar-refractivity contribution >= 4 is 5.91 Å². The molecule has 1 aliphatic carbocycles. The normalized spacial score (nSPS) is 21.6. The summed E-state index contributed by atoms with van der Waals surface area (Å²) in [6.45, 7) is 1.70. The molecule has 0 aromatic heterocycles. The van der Waals surface area contributed by atoms with Crippen molar-refractivity contribution in [3.8, 4) is 11.8 Å². The minimum Gasteiger partial charge on any atom is -0.394 e. The fourth-order valence-electron chi connectivity index (χ4n) is 1.64. The lowest BCUT2D eigenvalue weighted by Gasteiger charge is -2.15. The first-order chi connectivity index (χ1) is 8.22. The zero-order valence-corrected chi connectivity index (χ0v) is 10.4. The number of carbonyl (C=O) groups is 1. The molecular weight excluding hydrogens is 218 g/mol. The van der Waals surface area contributed by atoms with E-state index in [0.717, 1.165) is 25.7 Å². The maximum Gasteiger partial charge on any atom is 0.246 e. The zero-order valence-electron chi connectivity index (χ0n) is 10.4. The van der Waals surface area contributed by atoms with Gasteiger partial charge in [-0.25, -0.2) is 0 Å². The number of hydrogen-bond donors (Lipinski definition) is 2. The van der Waals surface area contributed by atoms with Gasteiger partial charge in [-0.2, -0.15) is 0 Å². The number of ether oxygens (including phenoxy) is 1. The average Bonchev–Trinajstić information content (AvgIpc) is 2.27. The second-order valence-corrected chi connectivity index (χ2v) is 4.37. The summed E-state index contributed by atoms with van der Waals surface area (Å²) in [5.41, 5.74) is 0. The van der Waals surface area contributed by atoms with Gasteiger partial charge >= 0.3 is 0 Å². The van der Waals surface area contributed by atoms with E-state index in [4.69, 9.17) is 9.84 Å². The molecule has 0 bridgehead atoms. The standard InChI is InChI=1S/C13H21NO3/c1-11(9-15)14-13(16)10-17-12-7-5-3-2-4-6-8-12/h11-12,15H,2-5,7,9-10H2,1H3,(H,14,16)/t11-,12?/m0/s1. The third-order valence-corrected chi connectivity index (χ3v) is 2.63. The highest BCUT2D eigenvalue weighted by Gasteiger charge is 2.11. The van der Waals surface area contributed by atoms with Gasteiger partial charge in [-0.3, -0.25) is 4.79 Å². The van der Waals surface area contributed by atoms with E-state index in [1.54, 1.807) is 6.92 Å². The Kier molecular flexibility index (Phi) is 6.68. The maximum atomic E-state index is 11.4. The third kappa shape index (κ3) is 6.30. The number of aliphatic hydroxyl groups is 1. The predicted octanol–water partition coefficient (Wildman–Crippen LogP) is 0.836. The van der Waals surface area contributed by atoms with Crippen LogP contribution in [0.15, 0.2) is 0 Å². The molecule has 0 radical (unpaired) electrons. The Morgan fingerprint density at radius 3 is 3.12 bits per heavy atom. The lowest BCUT2D eigenvalue weighted by molar-refractivity contribution is -0.127. The highest BCUT2D eigenvalue weighted by Crippen LogP contribution is 2.10. The largest absolute Gasteiger partial charge is 0.394 e. The maximum absolute atomic E-state index is 11.4. The van der Waals surface area contributed by atoms with Crippen LogP contribution in [0, 0.1) is 11.8 Å². The molecule has 0 saturated carbocycles. The number of aliphatic hydroxyl groups excluding tert-OH is 1.